The van der Waals surface area contributed by atoms with Gasteiger partial charge in [0.25, 0.3) is 0 Å². The largest absolute Gasteiger partial charge is 0.497 e. The third-order valence-electron chi connectivity index (χ3n) is 9.08. The van der Waals surface area contributed by atoms with Gasteiger partial charge in [0.1, 0.15) is 23.1 Å². The molecule has 0 radical (unpaired) electrons. The number of carbonyl (C=O) groups is 4. The molecule has 0 bridgehead atoms. The van der Waals surface area contributed by atoms with E-state index in [1.54, 1.807) is 79.7 Å². The molecular formula is C38H33N3O7. The lowest BCUT2D eigenvalue weighted by Crippen LogP contribution is -2.54. The van der Waals surface area contributed by atoms with Gasteiger partial charge in [0.15, 0.2) is 0 Å². The standard InChI is InChI=1S/C38H33N3O7/c1-40-32(35(44)48-3)31(34(42)43)38(33(40)27-12-8-5-9-13-27)29-22-25(15-14-24-16-19-28(47-2)20-17-24)18-21-30(29)41(36(38)45)37(46)39-23-26-10-6-4-7-11-26/h4-13,16-22,31-33H,23H2,1-3H3,(H,39,46)(H,42,43)/t31-,32+,33-,38-/m1/s1. The molecule has 0 saturated carbocycles. The van der Waals surface area contributed by atoms with Gasteiger partial charge in [0.2, 0.25) is 5.91 Å². The Morgan fingerprint density at radius 3 is 2.12 bits per heavy atom. The van der Waals surface area contributed by atoms with Crippen LogP contribution < -0.4 is 15.0 Å². The van der Waals surface area contributed by atoms with Gasteiger partial charge in [-0.3, -0.25) is 19.3 Å². The first-order valence-corrected chi connectivity index (χ1v) is 15.3. The normalized spacial score (nSPS) is 21.3. The Balaban J connectivity index is 1.55. The number of carbonyl (C=O) groups excluding carboxylic acids is 3. The summed E-state index contributed by atoms with van der Waals surface area (Å²) >= 11 is 0. The van der Waals surface area contributed by atoms with Gasteiger partial charge in [-0.15, -0.1) is 0 Å². The fraction of sp³-hybridized carbons (Fsp3) is 0.211. The number of esters is 1. The van der Waals surface area contributed by atoms with Gasteiger partial charge in [-0.1, -0.05) is 72.5 Å². The van der Waals surface area contributed by atoms with Crippen molar-refractivity contribution in [3.63, 3.8) is 0 Å². The molecule has 2 heterocycles. The number of aliphatic carboxylic acids is 1. The molecule has 1 spiro atoms. The number of benzene rings is 4. The third-order valence-corrected chi connectivity index (χ3v) is 9.08. The maximum atomic E-state index is 15.1. The number of likely N-dealkylation sites (tertiary alicyclic amines) is 1. The highest BCUT2D eigenvalue weighted by molar-refractivity contribution is 6.24. The van der Waals surface area contributed by atoms with E-state index in [-0.39, 0.29) is 17.8 Å². The minimum atomic E-state index is -1.92. The molecule has 48 heavy (non-hydrogen) atoms. The number of carboxylic acid groups (broad SMARTS) is 1. The van der Waals surface area contributed by atoms with Crippen molar-refractivity contribution in [3.8, 4) is 17.6 Å². The summed E-state index contributed by atoms with van der Waals surface area (Å²) in [6, 6.07) is 27.2. The molecule has 4 atom stereocenters. The lowest BCUT2D eigenvalue weighted by Gasteiger charge is -2.35. The van der Waals surface area contributed by atoms with Gasteiger partial charge in [-0.05, 0) is 66.2 Å². The van der Waals surface area contributed by atoms with E-state index in [1.807, 2.05) is 42.5 Å². The SMILES string of the molecule is COC(=O)[C@@H]1[C@H](C(=O)O)[C@@]2(C(=O)N(C(=O)NCc3ccccc3)c3ccc(C#Cc4ccc(OC)cc4)cc32)[C@@H](c2ccccc2)N1C. The summed E-state index contributed by atoms with van der Waals surface area (Å²) in [7, 11) is 4.35. The zero-order valence-electron chi connectivity index (χ0n) is 26.5. The summed E-state index contributed by atoms with van der Waals surface area (Å²) < 4.78 is 10.3. The number of fused-ring (bicyclic) bond motifs is 2. The average molecular weight is 644 g/mol. The van der Waals surface area contributed by atoms with E-state index in [0.29, 0.717) is 22.4 Å². The smallest absolute Gasteiger partial charge is 0.329 e. The third kappa shape index (κ3) is 5.34. The van der Waals surface area contributed by atoms with Gasteiger partial charge in [-0.2, -0.15) is 0 Å². The number of amides is 3. The van der Waals surface area contributed by atoms with E-state index in [2.05, 4.69) is 17.2 Å². The quantitative estimate of drug-likeness (QED) is 0.232. The van der Waals surface area contributed by atoms with Gasteiger partial charge < -0.3 is 19.9 Å². The second-order valence-corrected chi connectivity index (χ2v) is 11.6. The predicted molar refractivity (Wildman–Crippen MR) is 177 cm³/mol. The number of hydrogen-bond acceptors (Lipinski definition) is 7. The van der Waals surface area contributed by atoms with E-state index in [4.69, 9.17) is 9.47 Å². The van der Waals surface area contributed by atoms with Crippen molar-refractivity contribution >= 4 is 29.6 Å². The molecular weight excluding hydrogens is 610 g/mol. The summed E-state index contributed by atoms with van der Waals surface area (Å²) in [4.78, 5) is 58.3. The molecule has 2 aliphatic rings. The highest BCUT2D eigenvalue weighted by Gasteiger charge is 2.72. The monoisotopic (exact) mass is 643 g/mol. The maximum Gasteiger partial charge on any atom is 0.329 e. The number of anilines is 1. The van der Waals surface area contributed by atoms with Crippen LogP contribution in [0.15, 0.2) is 103 Å². The van der Waals surface area contributed by atoms with E-state index >= 15 is 4.79 Å². The molecule has 0 aliphatic carbocycles. The van der Waals surface area contributed by atoms with Crippen LogP contribution in [0.3, 0.4) is 0 Å². The Kier molecular flexibility index (Phi) is 8.72. The van der Waals surface area contributed by atoms with Gasteiger partial charge in [0, 0.05) is 17.7 Å². The van der Waals surface area contributed by atoms with Crippen molar-refractivity contribution in [2.45, 2.75) is 24.0 Å². The van der Waals surface area contributed by atoms with Crippen LogP contribution in [0.2, 0.25) is 0 Å². The minimum absolute atomic E-state index is 0.131. The molecule has 242 valence electrons. The number of imide groups is 1. The highest BCUT2D eigenvalue weighted by atomic mass is 16.5. The van der Waals surface area contributed by atoms with Crippen molar-refractivity contribution in [1.82, 2.24) is 10.2 Å². The molecule has 10 nitrogen and oxygen atoms in total. The second-order valence-electron chi connectivity index (χ2n) is 11.6. The van der Waals surface area contributed by atoms with E-state index in [1.165, 1.54) is 7.11 Å². The molecule has 6 rings (SSSR count). The van der Waals surface area contributed by atoms with Crippen LogP contribution in [-0.4, -0.2) is 61.2 Å². The minimum Gasteiger partial charge on any atom is -0.497 e. The molecule has 1 saturated heterocycles. The van der Waals surface area contributed by atoms with Crippen LogP contribution in [0.5, 0.6) is 5.75 Å². The molecule has 4 aromatic rings. The Morgan fingerprint density at radius 1 is 0.875 bits per heavy atom. The first kappa shape index (κ1) is 32.0. The maximum absolute atomic E-state index is 15.1. The van der Waals surface area contributed by atoms with Crippen LogP contribution in [-0.2, 0) is 31.1 Å². The number of methoxy groups -OCH3 is 2. The Bertz CT molecular complexity index is 1940. The van der Waals surface area contributed by atoms with E-state index in [9.17, 15) is 19.5 Å². The Labute approximate surface area is 277 Å². The molecule has 0 unspecified atom stereocenters. The Morgan fingerprint density at radius 2 is 1.50 bits per heavy atom. The van der Waals surface area contributed by atoms with Crippen LogP contribution >= 0.6 is 0 Å². The molecule has 1 fully saturated rings. The summed E-state index contributed by atoms with van der Waals surface area (Å²) in [5, 5.41) is 13.7. The number of urea groups is 1. The van der Waals surface area contributed by atoms with Crippen LogP contribution in [0.4, 0.5) is 10.5 Å². The van der Waals surface area contributed by atoms with Crippen molar-refractivity contribution in [1.29, 1.82) is 0 Å². The van der Waals surface area contributed by atoms with Crippen molar-refractivity contribution in [3.05, 3.63) is 131 Å². The second kappa shape index (κ2) is 13.1. The number of ether oxygens (including phenoxy) is 2. The molecule has 4 aromatic carbocycles. The van der Waals surface area contributed by atoms with Gasteiger partial charge >= 0.3 is 18.0 Å². The summed E-state index contributed by atoms with van der Waals surface area (Å²) in [5.41, 5.74) is 1.18. The highest BCUT2D eigenvalue weighted by Crippen LogP contribution is 2.61. The Hall–Kier alpha value is -5.92. The molecule has 10 heteroatoms. The topological polar surface area (TPSA) is 125 Å². The lowest BCUT2D eigenvalue weighted by atomic mass is 9.65. The van der Waals surface area contributed by atoms with Crippen LogP contribution in [0.25, 0.3) is 0 Å². The lowest BCUT2D eigenvalue weighted by molar-refractivity contribution is -0.155. The van der Waals surface area contributed by atoms with Crippen LogP contribution in [0.1, 0.15) is 33.9 Å². The number of likely N-dealkylation sites (N-methyl/N-ethyl adjacent to an activating group) is 1. The van der Waals surface area contributed by atoms with Crippen molar-refractivity contribution in [2.24, 2.45) is 5.92 Å². The number of hydrogen-bond donors (Lipinski definition) is 2. The molecule has 2 N–H and O–H groups in total. The first-order chi connectivity index (χ1) is 23.2. The van der Waals surface area contributed by atoms with Crippen molar-refractivity contribution in [2.75, 3.05) is 26.2 Å². The van der Waals surface area contributed by atoms with E-state index < -0.39 is 47.3 Å². The average Bonchev–Trinajstić information content (AvgIpc) is 3.54. The fourth-order valence-corrected chi connectivity index (χ4v) is 7.01. The number of rotatable bonds is 6. The summed E-state index contributed by atoms with van der Waals surface area (Å²) in [5.74, 6) is 2.34. The van der Waals surface area contributed by atoms with Gasteiger partial charge in [-0.25, -0.2) is 9.69 Å². The predicted octanol–water partition coefficient (Wildman–Crippen LogP) is 4.52. The molecule has 3 amide bonds. The van der Waals surface area contributed by atoms with Crippen LogP contribution in [0, 0.1) is 17.8 Å². The summed E-state index contributed by atoms with van der Waals surface area (Å²) in [6.45, 7) is 0.131. The zero-order valence-corrected chi connectivity index (χ0v) is 26.5. The number of carboxylic acids is 1. The molecule has 2 aliphatic heterocycles. The fourth-order valence-electron chi connectivity index (χ4n) is 7.01. The van der Waals surface area contributed by atoms with E-state index in [0.717, 1.165) is 10.5 Å². The first-order valence-electron chi connectivity index (χ1n) is 15.3. The summed E-state index contributed by atoms with van der Waals surface area (Å²) in [6.07, 6.45) is 0. The number of nitrogens with zero attached hydrogens (tertiary/aromatic N) is 2. The molecule has 0 aromatic heterocycles. The zero-order chi connectivity index (χ0) is 34.0. The number of nitrogens with one attached hydrogen (secondary N) is 1. The van der Waals surface area contributed by atoms with Crippen molar-refractivity contribution < 1.29 is 33.8 Å². The van der Waals surface area contributed by atoms with Gasteiger partial charge in [0.05, 0.1) is 25.9 Å².